The Morgan fingerprint density at radius 1 is 1.00 bits per heavy atom. The van der Waals surface area contributed by atoms with Crippen molar-refractivity contribution in [1.82, 2.24) is 0 Å². The van der Waals surface area contributed by atoms with Gasteiger partial charge in [-0.25, -0.2) is 0 Å². The van der Waals surface area contributed by atoms with Gasteiger partial charge in [0.1, 0.15) is 0 Å². The fourth-order valence-electron chi connectivity index (χ4n) is 1.35. The Morgan fingerprint density at radius 2 is 1.57 bits per heavy atom. The third-order valence-electron chi connectivity index (χ3n) is 2.28. The van der Waals surface area contributed by atoms with Crippen LogP contribution in [0.3, 0.4) is 0 Å². The molecule has 1 nitrogen and oxygen atoms in total. The molecule has 0 amide bonds. The number of hydrogen-bond acceptors (Lipinski definition) is 1. The molecule has 0 heterocycles. The maximum Gasteiger partial charge on any atom is 0.0598 e. The second-order valence-electron chi connectivity index (χ2n) is 5.85. The molecule has 0 aromatic heterocycles. The van der Waals surface area contributed by atoms with Crippen LogP contribution < -0.4 is 0 Å². The van der Waals surface area contributed by atoms with E-state index in [4.69, 9.17) is 4.74 Å². The molecule has 86 valence electrons. The predicted octanol–water partition coefficient (Wildman–Crippen LogP) is 4.26. The van der Waals surface area contributed by atoms with Crippen molar-refractivity contribution in [3.05, 3.63) is 0 Å². The van der Waals surface area contributed by atoms with E-state index in [0.29, 0.717) is 5.92 Å². The van der Waals surface area contributed by atoms with Crippen molar-refractivity contribution in [3.63, 3.8) is 0 Å². The maximum atomic E-state index is 5.75. The van der Waals surface area contributed by atoms with E-state index in [1.165, 1.54) is 19.3 Å². The van der Waals surface area contributed by atoms with Crippen molar-refractivity contribution in [2.75, 3.05) is 6.61 Å². The molecule has 0 saturated carbocycles. The van der Waals surface area contributed by atoms with E-state index in [2.05, 4.69) is 41.5 Å². The second-order valence-corrected chi connectivity index (χ2v) is 5.85. The summed E-state index contributed by atoms with van der Waals surface area (Å²) >= 11 is 0. The highest BCUT2D eigenvalue weighted by atomic mass is 16.5. The lowest BCUT2D eigenvalue weighted by Crippen LogP contribution is -2.22. The van der Waals surface area contributed by atoms with E-state index in [1.807, 2.05) is 0 Å². The molecular weight excluding hydrogens is 172 g/mol. The summed E-state index contributed by atoms with van der Waals surface area (Å²) in [6.45, 7) is 14.1. The predicted molar refractivity (Wildman–Crippen MR) is 63.6 cm³/mol. The minimum atomic E-state index is 0.0201. The van der Waals surface area contributed by atoms with Gasteiger partial charge in [0.15, 0.2) is 0 Å². The van der Waals surface area contributed by atoms with Crippen molar-refractivity contribution in [3.8, 4) is 0 Å². The van der Waals surface area contributed by atoms with Gasteiger partial charge in [-0.2, -0.15) is 0 Å². The minimum absolute atomic E-state index is 0.0201. The molecule has 0 rings (SSSR count). The second kappa shape index (κ2) is 6.44. The van der Waals surface area contributed by atoms with Gasteiger partial charge in [-0.3, -0.25) is 0 Å². The van der Waals surface area contributed by atoms with Gasteiger partial charge in [0.25, 0.3) is 0 Å². The summed E-state index contributed by atoms with van der Waals surface area (Å²) in [6, 6.07) is 0. The van der Waals surface area contributed by atoms with E-state index in [1.54, 1.807) is 0 Å². The van der Waals surface area contributed by atoms with Crippen molar-refractivity contribution in [1.29, 1.82) is 0 Å². The molecule has 0 fully saturated rings. The Labute approximate surface area is 90.2 Å². The van der Waals surface area contributed by atoms with Crippen LogP contribution in [-0.4, -0.2) is 12.2 Å². The summed E-state index contributed by atoms with van der Waals surface area (Å²) in [7, 11) is 0. The molecule has 1 unspecified atom stereocenters. The lowest BCUT2D eigenvalue weighted by Gasteiger charge is -2.22. The summed E-state index contributed by atoms with van der Waals surface area (Å²) < 4.78 is 5.75. The van der Waals surface area contributed by atoms with Gasteiger partial charge in [-0.05, 0) is 39.0 Å². The van der Waals surface area contributed by atoms with E-state index in [9.17, 15) is 0 Å². The van der Waals surface area contributed by atoms with Crippen LogP contribution in [0.15, 0.2) is 0 Å². The standard InChI is InChI=1S/C13H28O/c1-11(2)8-7-9-12(3)10-14-13(4,5)6/h11-12H,7-10H2,1-6H3. The first-order valence-corrected chi connectivity index (χ1v) is 5.95. The average Bonchev–Trinajstić information content (AvgIpc) is 1.99. The Hall–Kier alpha value is -0.0400. The largest absolute Gasteiger partial charge is 0.376 e. The van der Waals surface area contributed by atoms with Crippen LogP contribution in [0, 0.1) is 11.8 Å². The van der Waals surface area contributed by atoms with Crippen molar-refractivity contribution in [2.24, 2.45) is 11.8 Å². The molecular formula is C13H28O. The normalized spacial score (nSPS) is 14.8. The molecule has 0 radical (unpaired) electrons. The van der Waals surface area contributed by atoms with E-state index < -0.39 is 0 Å². The molecule has 1 heteroatoms. The molecule has 0 bridgehead atoms. The topological polar surface area (TPSA) is 9.23 Å². The van der Waals surface area contributed by atoms with Crippen molar-refractivity contribution in [2.45, 2.75) is 66.4 Å². The highest BCUT2D eigenvalue weighted by molar-refractivity contribution is 4.61. The molecule has 0 N–H and O–H groups in total. The SMILES string of the molecule is CC(C)CCCC(C)COC(C)(C)C. The van der Waals surface area contributed by atoms with Gasteiger partial charge in [-0.15, -0.1) is 0 Å². The van der Waals surface area contributed by atoms with Crippen molar-refractivity contribution >= 4 is 0 Å². The number of hydrogen-bond donors (Lipinski definition) is 0. The molecule has 14 heavy (non-hydrogen) atoms. The zero-order valence-corrected chi connectivity index (χ0v) is 10.9. The lowest BCUT2D eigenvalue weighted by atomic mass is 10.00. The van der Waals surface area contributed by atoms with E-state index in [0.717, 1.165) is 12.5 Å². The zero-order chi connectivity index (χ0) is 11.2. The quantitative estimate of drug-likeness (QED) is 0.622. The van der Waals surface area contributed by atoms with E-state index in [-0.39, 0.29) is 5.60 Å². The fraction of sp³-hybridized carbons (Fsp3) is 1.00. The van der Waals surface area contributed by atoms with Crippen LogP contribution in [0.1, 0.15) is 60.8 Å². The smallest absolute Gasteiger partial charge is 0.0598 e. The summed E-state index contributed by atoms with van der Waals surface area (Å²) in [5.74, 6) is 1.54. The average molecular weight is 200 g/mol. The molecule has 0 aromatic rings. The Balaban J connectivity index is 3.42. The zero-order valence-electron chi connectivity index (χ0n) is 10.9. The van der Waals surface area contributed by atoms with Gasteiger partial charge in [-0.1, -0.05) is 33.6 Å². The van der Waals surface area contributed by atoms with Gasteiger partial charge in [0.2, 0.25) is 0 Å². The number of ether oxygens (including phenoxy) is 1. The first-order chi connectivity index (χ1) is 6.31. The van der Waals surface area contributed by atoms with Crippen molar-refractivity contribution < 1.29 is 4.74 Å². The lowest BCUT2D eigenvalue weighted by molar-refractivity contribution is -0.0209. The Bertz CT molecular complexity index is 133. The molecule has 0 aromatic carbocycles. The van der Waals surface area contributed by atoms with Crippen LogP contribution in [0.4, 0.5) is 0 Å². The van der Waals surface area contributed by atoms with Crippen LogP contribution in [0.2, 0.25) is 0 Å². The van der Waals surface area contributed by atoms with Gasteiger partial charge in [0, 0.05) is 6.61 Å². The molecule has 1 atom stereocenters. The van der Waals surface area contributed by atoms with Crippen LogP contribution >= 0.6 is 0 Å². The summed E-state index contributed by atoms with van der Waals surface area (Å²) in [5.41, 5.74) is 0.0201. The summed E-state index contributed by atoms with van der Waals surface area (Å²) in [5, 5.41) is 0. The van der Waals surface area contributed by atoms with Crippen LogP contribution in [0.25, 0.3) is 0 Å². The highest BCUT2D eigenvalue weighted by Crippen LogP contribution is 2.15. The summed E-state index contributed by atoms with van der Waals surface area (Å²) in [6.07, 6.45) is 3.99. The van der Waals surface area contributed by atoms with Crippen LogP contribution in [0.5, 0.6) is 0 Å². The molecule has 0 aliphatic heterocycles. The molecule has 0 aliphatic rings. The number of rotatable bonds is 6. The molecule has 0 saturated heterocycles. The summed E-state index contributed by atoms with van der Waals surface area (Å²) in [4.78, 5) is 0. The first kappa shape index (κ1) is 14.0. The third-order valence-corrected chi connectivity index (χ3v) is 2.28. The maximum absolute atomic E-state index is 5.75. The monoisotopic (exact) mass is 200 g/mol. The first-order valence-electron chi connectivity index (χ1n) is 5.95. The highest BCUT2D eigenvalue weighted by Gasteiger charge is 2.12. The molecule has 0 aliphatic carbocycles. The molecule has 0 spiro atoms. The minimum Gasteiger partial charge on any atom is -0.376 e. The van der Waals surface area contributed by atoms with Gasteiger partial charge >= 0.3 is 0 Å². The van der Waals surface area contributed by atoms with Gasteiger partial charge in [0.05, 0.1) is 5.60 Å². The fourth-order valence-corrected chi connectivity index (χ4v) is 1.35. The van der Waals surface area contributed by atoms with Crippen LogP contribution in [-0.2, 0) is 4.74 Å². The van der Waals surface area contributed by atoms with Gasteiger partial charge < -0.3 is 4.74 Å². The Morgan fingerprint density at radius 3 is 2.00 bits per heavy atom. The third kappa shape index (κ3) is 10.0. The Kier molecular flexibility index (Phi) is 6.43. The van der Waals surface area contributed by atoms with E-state index >= 15 is 0 Å².